The van der Waals surface area contributed by atoms with Crippen molar-refractivity contribution in [2.75, 3.05) is 6.61 Å². The quantitative estimate of drug-likeness (QED) is 0.877. The van der Waals surface area contributed by atoms with Crippen molar-refractivity contribution in [3.63, 3.8) is 0 Å². The van der Waals surface area contributed by atoms with Crippen LogP contribution in [-0.2, 0) is 11.2 Å². The minimum Gasteiger partial charge on any atom is -0.389 e. The van der Waals surface area contributed by atoms with Crippen LogP contribution >= 0.6 is 0 Å². The Labute approximate surface area is 101 Å². The van der Waals surface area contributed by atoms with Crippen LogP contribution in [0, 0.1) is 5.82 Å². The molecule has 0 bridgehead atoms. The molecule has 1 N–H and O–H groups in total. The van der Waals surface area contributed by atoms with E-state index in [1.54, 1.807) is 18.2 Å². The molecule has 0 aliphatic carbocycles. The number of hydrogen-bond donors (Lipinski definition) is 1. The molecule has 1 aliphatic rings. The molecule has 1 saturated heterocycles. The molecule has 1 heterocycles. The second-order valence-electron chi connectivity index (χ2n) is 4.85. The van der Waals surface area contributed by atoms with Crippen molar-refractivity contribution in [2.24, 2.45) is 0 Å². The van der Waals surface area contributed by atoms with Gasteiger partial charge in [-0.1, -0.05) is 25.1 Å². The van der Waals surface area contributed by atoms with E-state index >= 15 is 0 Å². The van der Waals surface area contributed by atoms with Crippen molar-refractivity contribution in [2.45, 2.75) is 44.3 Å². The van der Waals surface area contributed by atoms with Crippen molar-refractivity contribution in [1.29, 1.82) is 0 Å². The molecule has 0 radical (unpaired) electrons. The second kappa shape index (κ2) is 5.15. The Balaban J connectivity index is 2.09. The first kappa shape index (κ1) is 12.5. The van der Waals surface area contributed by atoms with Crippen LogP contribution in [-0.4, -0.2) is 23.4 Å². The molecule has 0 saturated carbocycles. The summed E-state index contributed by atoms with van der Waals surface area (Å²) in [5.41, 5.74) is -0.229. The second-order valence-corrected chi connectivity index (χ2v) is 4.85. The summed E-state index contributed by atoms with van der Waals surface area (Å²) in [6.07, 6.45) is 2.54. The topological polar surface area (TPSA) is 29.5 Å². The Morgan fingerprint density at radius 1 is 1.47 bits per heavy atom. The molecular formula is C14H19FO2. The lowest BCUT2D eigenvalue weighted by Gasteiger charge is -2.36. The van der Waals surface area contributed by atoms with Crippen LogP contribution in [0.1, 0.15) is 31.7 Å². The molecular weight excluding hydrogens is 219 g/mol. The zero-order chi connectivity index (χ0) is 12.3. The molecule has 2 nitrogen and oxygen atoms in total. The Morgan fingerprint density at radius 3 is 2.94 bits per heavy atom. The minimum atomic E-state index is -0.818. The fourth-order valence-corrected chi connectivity index (χ4v) is 2.42. The van der Waals surface area contributed by atoms with Crippen LogP contribution in [0.2, 0.25) is 0 Å². The van der Waals surface area contributed by atoms with E-state index in [-0.39, 0.29) is 11.9 Å². The highest BCUT2D eigenvalue weighted by atomic mass is 19.1. The number of rotatable bonds is 3. The van der Waals surface area contributed by atoms with Crippen molar-refractivity contribution in [1.82, 2.24) is 0 Å². The zero-order valence-electron chi connectivity index (χ0n) is 10.2. The first-order valence-electron chi connectivity index (χ1n) is 6.20. The molecule has 0 spiro atoms. The zero-order valence-corrected chi connectivity index (χ0v) is 10.2. The van der Waals surface area contributed by atoms with Gasteiger partial charge in [-0.3, -0.25) is 0 Å². The maximum Gasteiger partial charge on any atom is 0.126 e. The van der Waals surface area contributed by atoms with Crippen LogP contribution in [0.4, 0.5) is 4.39 Å². The van der Waals surface area contributed by atoms with Gasteiger partial charge in [-0.25, -0.2) is 4.39 Å². The molecule has 3 heteroatoms. The van der Waals surface area contributed by atoms with Crippen LogP contribution in [0.15, 0.2) is 24.3 Å². The molecule has 17 heavy (non-hydrogen) atoms. The lowest BCUT2D eigenvalue weighted by Crippen LogP contribution is -2.42. The van der Waals surface area contributed by atoms with Crippen LogP contribution in [0.25, 0.3) is 0 Å². The predicted octanol–water partition coefficient (Wildman–Crippen LogP) is 2.69. The number of hydrogen-bond acceptors (Lipinski definition) is 2. The lowest BCUT2D eigenvalue weighted by molar-refractivity contribution is -0.103. The normalized spacial score (nSPS) is 29.2. The van der Waals surface area contributed by atoms with Gasteiger partial charge in [0.05, 0.1) is 11.7 Å². The summed E-state index contributed by atoms with van der Waals surface area (Å²) in [7, 11) is 0. The Morgan fingerprint density at radius 2 is 2.24 bits per heavy atom. The van der Waals surface area contributed by atoms with Crippen LogP contribution in [0.3, 0.4) is 0 Å². The molecule has 1 aromatic carbocycles. The minimum absolute atomic E-state index is 0.0977. The van der Waals surface area contributed by atoms with Crippen molar-refractivity contribution in [3.05, 3.63) is 35.6 Å². The fraction of sp³-hybridized carbons (Fsp3) is 0.571. The summed E-state index contributed by atoms with van der Waals surface area (Å²) in [6.45, 7) is 2.60. The first-order valence-corrected chi connectivity index (χ1v) is 6.20. The first-order chi connectivity index (χ1) is 8.13. The third-order valence-electron chi connectivity index (χ3n) is 3.46. The van der Waals surface area contributed by atoms with Crippen molar-refractivity contribution < 1.29 is 14.2 Å². The molecule has 0 aromatic heterocycles. The monoisotopic (exact) mass is 238 g/mol. The van der Waals surface area contributed by atoms with E-state index in [2.05, 4.69) is 0 Å². The third kappa shape index (κ3) is 3.05. The van der Waals surface area contributed by atoms with E-state index < -0.39 is 5.60 Å². The van der Waals surface area contributed by atoms with Gasteiger partial charge in [-0.2, -0.15) is 0 Å². The Kier molecular flexibility index (Phi) is 3.79. The summed E-state index contributed by atoms with van der Waals surface area (Å²) in [5, 5.41) is 10.5. The molecule has 1 aliphatic heterocycles. The van der Waals surface area contributed by atoms with Gasteiger partial charge in [0.25, 0.3) is 0 Å². The Bertz CT molecular complexity index is 380. The standard InChI is InChI=1S/C14H19FO2/c1-2-12-10-14(16,7-8-17-12)9-11-5-3-4-6-13(11)15/h3-6,12,16H,2,7-10H2,1H3. The lowest BCUT2D eigenvalue weighted by atomic mass is 9.84. The number of halogens is 1. The van der Waals surface area contributed by atoms with Gasteiger partial charge in [0.1, 0.15) is 5.82 Å². The number of benzene rings is 1. The van der Waals surface area contributed by atoms with E-state index in [4.69, 9.17) is 4.74 Å². The maximum absolute atomic E-state index is 13.6. The molecule has 1 fully saturated rings. The highest BCUT2D eigenvalue weighted by Crippen LogP contribution is 2.30. The average molecular weight is 238 g/mol. The van der Waals surface area contributed by atoms with E-state index in [1.165, 1.54) is 6.07 Å². The van der Waals surface area contributed by atoms with Gasteiger partial charge < -0.3 is 9.84 Å². The van der Waals surface area contributed by atoms with Gasteiger partial charge in [-0.05, 0) is 24.5 Å². The average Bonchev–Trinajstić information content (AvgIpc) is 2.32. The van der Waals surface area contributed by atoms with Crippen LogP contribution < -0.4 is 0 Å². The predicted molar refractivity (Wildman–Crippen MR) is 64.3 cm³/mol. The number of ether oxygens (including phenoxy) is 1. The smallest absolute Gasteiger partial charge is 0.126 e. The van der Waals surface area contributed by atoms with Gasteiger partial charge >= 0.3 is 0 Å². The van der Waals surface area contributed by atoms with E-state index in [0.717, 1.165) is 6.42 Å². The summed E-state index contributed by atoms with van der Waals surface area (Å²) < 4.78 is 19.1. The summed E-state index contributed by atoms with van der Waals surface area (Å²) >= 11 is 0. The molecule has 1 aromatic rings. The van der Waals surface area contributed by atoms with Gasteiger partial charge in [0.15, 0.2) is 0 Å². The highest BCUT2D eigenvalue weighted by Gasteiger charge is 2.34. The van der Waals surface area contributed by atoms with Crippen molar-refractivity contribution in [3.8, 4) is 0 Å². The molecule has 2 atom stereocenters. The summed E-state index contributed by atoms with van der Waals surface area (Å²) in [5.74, 6) is -0.236. The number of aliphatic hydroxyl groups is 1. The van der Waals surface area contributed by atoms with Crippen molar-refractivity contribution >= 4 is 0 Å². The van der Waals surface area contributed by atoms with Crippen LogP contribution in [0.5, 0.6) is 0 Å². The van der Waals surface area contributed by atoms with E-state index in [1.807, 2.05) is 6.92 Å². The third-order valence-corrected chi connectivity index (χ3v) is 3.46. The summed E-state index contributed by atoms with van der Waals surface area (Å²) in [4.78, 5) is 0. The maximum atomic E-state index is 13.6. The fourth-order valence-electron chi connectivity index (χ4n) is 2.42. The van der Waals surface area contributed by atoms with Gasteiger partial charge in [0.2, 0.25) is 0 Å². The highest BCUT2D eigenvalue weighted by molar-refractivity contribution is 5.19. The largest absolute Gasteiger partial charge is 0.389 e. The molecule has 2 unspecified atom stereocenters. The molecule has 94 valence electrons. The van der Waals surface area contributed by atoms with E-state index in [0.29, 0.717) is 31.4 Å². The SMILES string of the molecule is CCC1CC(O)(Cc2ccccc2F)CCO1. The summed E-state index contributed by atoms with van der Waals surface area (Å²) in [6, 6.07) is 6.65. The Hall–Kier alpha value is -0.930. The van der Waals surface area contributed by atoms with Gasteiger partial charge in [0, 0.05) is 19.4 Å². The van der Waals surface area contributed by atoms with Gasteiger partial charge in [-0.15, -0.1) is 0 Å². The molecule has 0 amide bonds. The van der Waals surface area contributed by atoms with E-state index in [9.17, 15) is 9.50 Å². The molecule has 2 rings (SSSR count).